The highest BCUT2D eigenvalue weighted by Gasteiger charge is 2.39. The van der Waals surface area contributed by atoms with Crippen LogP contribution in [-0.2, 0) is 10.0 Å². The van der Waals surface area contributed by atoms with Crippen molar-refractivity contribution in [1.29, 1.82) is 0 Å². The second-order valence-electron chi connectivity index (χ2n) is 4.71. The summed E-state index contributed by atoms with van der Waals surface area (Å²) in [6.45, 7) is 4.12. The van der Waals surface area contributed by atoms with Crippen LogP contribution in [0.3, 0.4) is 0 Å². The molecule has 1 aromatic rings. The summed E-state index contributed by atoms with van der Waals surface area (Å²) in [5.41, 5.74) is 1.38. The minimum absolute atomic E-state index is 0.0712. The Bertz CT molecular complexity index is 606. The molecule has 0 unspecified atom stereocenters. The van der Waals surface area contributed by atoms with Gasteiger partial charge in [-0.15, -0.1) is 0 Å². The van der Waals surface area contributed by atoms with Crippen LogP contribution in [0.15, 0.2) is 30.0 Å². The topological polar surface area (TPSA) is 49.4 Å². The fourth-order valence-corrected chi connectivity index (χ4v) is 4.29. The zero-order valence-electron chi connectivity index (χ0n) is 11.1. The molecule has 0 fully saturated rings. The normalized spacial score (nSPS) is 19.2. The summed E-state index contributed by atoms with van der Waals surface area (Å²) in [5.74, 6) is 0. The number of nitrogens with zero attached hydrogens (tertiary/aromatic N) is 1. The number of rotatable bonds is 3. The SMILES string of the molecule is CNC1=C(c2ccc(Cl)cc2)S(=O)(=O)N(C(C)C)C1. The van der Waals surface area contributed by atoms with Crippen molar-refractivity contribution in [2.24, 2.45) is 0 Å². The predicted octanol–water partition coefficient (Wildman–Crippen LogP) is 2.28. The summed E-state index contributed by atoms with van der Waals surface area (Å²) in [5, 5.41) is 3.58. The van der Waals surface area contributed by atoms with E-state index in [1.165, 1.54) is 4.31 Å². The van der Waals surface area contributed by atoms with E-state index in [9.17, 15) is 8.42 Å². The van der Waals surface area contributed by atoms with Crippen LogP contribution in [-0.4, -0.2) is 32.4 Å². The van der Waals surface area contributed by atoms with Gasteiger partial charge in [0.15, 0.2) is 0 Å². The maximum Gasteiger partial charge on any atom is 0.246 e. The molecule has 1 aliphatic heterocycles. The van der Waals surface area contributed by atoms with Crippen molar-refractivity contribution in [1.82, 2.24) is 9.62 Å². The van der Waals surface area contributed by atoms with Gasteiger partial charge in [-0.05, 0) is 31.5 Å². The zero-order chi connectivity index (χ0) is 14.2. The quantitative estimate of drug-likeness (QED) is 0.932. The fourth-order valence-electron chi connectivity index (χ4n) is 2.16. The molecule has 0 spiro atoms. The second-order valence-corrected chi connectivity index (χ2v) is 6.97. The van der Waals surface area contributed by atoms with Crippen molar-refractivity contribution in [3.8, 4) is 0 Å². The minimum atomic E-state index is -3.45. The summed E-state index contributed by atoms with van der Waals surface area (Å²) >= 11 is 5.85. The molecule has 1 aliphatic rings. The van der Waals surface area contributed by atoms with Crippen LogP contribution in [0.5, 0.6) is 0 Å². The molecular formula is C13H17ClN2O2S. The Morgan fingerprint density at radius 3 is 2.32 bits per heavy atom. The number of benzene rings is 1. The lowest BCUT2D eigenvalue weighted by molar-refractivity contribution is 0.387. The van der Waals surface area contributed by atoms with Crippen LogP contribution >= 0.6 is 11.6 Å². The number of hydrogen-bond donors (Lipinski definition) is 1. The Labute approximate surface area is 119 Å². The van der Waals surface area contributed by atoms with E-state index in [2.05, 4.69) is 5.32 Å². The van der Waals surface area contributed by atoms with E-state index in [1.807, 2.05) is 13.8 Å². The van der Waals surface area contributed by atoms with Gasteiger partial charge in [-0.2, -0.15) is 4.31 Å². The van der Waals surface area contributed by atoms with E-state index in [1.54, 1.807) is 31.3 Å². The summed E-state index contributed by atoms with van der Waals surface area (Å²) in [7, 11) is -1.71. The lowest BCUT2D eigenvalue weighted by Gasteiger charge is -2.19. The standard InChI is InChI=1S/C13H17ClN2O2S/c1-9(2)16-8-12(15-3)13(19(16,17)18)10-4-6-11(14)7-5-10/h4-7,9,15H,8H2,1-3H3. The van der Waals surface area contributed by atoms with Gasteiger partial charge in [-0.1, -0.05) is 23.7 Å². The lowest BCUT2D eigenvalue weighted by atomic mass is 10.2. The van der Waals surface area contributed by atoms with Crippen molar-refractivity contribution >= 4 is 26.5 Å². The number of likely N-dealkylation sites (N-methyl/N-ethyl adjacent to an activating group) is 1. The highest BCUT2D eigenvalue weighted by molar-refractivity contribution is 7.98. The molecule has 2 rings (SSSR count). The van der Waals surface area contributed by atoms with E-state index in [0.717, 1.165) is 5.70 Å². The van der Waals surface area contributed by atoms with Gasteiger partial charge in [0.1, 0.15) is 4.91 Å². The van der Waals surface area contributed by atoms with Crippen LogP contribution in [0.2, 0.25) is 5.02 Å². The van der Waals surface area contributed by atoms with Crippen LogP contribution in [0.25, 0.3) is 4.91 Å². The number of halogens is 1. The highest BCUT2D eigenvalue weighted by atomic mass is 35.5. The first kappa shape index (κ1) is 14.4. The van der Waals surface area contributed by atoms with Gasteiger partial charge < -0.3 is 5.32 Å². The van der Waals surface area contributed by atoms with Gasteiger partial charge in [0.25, 0.3) is 0 Å². The molecule has 0 amide bonds. The van der Waals surface area contributed by atoms with Gasteiger partial charge >= 0.3 is 0 Å². The monoisotopic (exact) mass is 300 g/mol. The van der Waals surface area contributed by atoms with Gasteiger partial charge in [0, 0.05) is 23.8 Å². The number of nitrogens with one attached hydrogen (secondary N) is 1. The van der Waals surface area contributed by atoms with Crippen LogP contribution in [0, 0.1) is 0 Å². The Hall–Kier alpha value is -1.04. The molecule has 1 N–H and O–H groups in total. The molecule has 6 heteroatoms. The van der Waals surface area contributed by atoms with Crippen molar-refractivity contribution in [3.05, 3.63) is 40.5 Å². The van der Waals surface area contributed by atoms with Crippen molar-refractivity contribution in [2.45, 2.75) is 19.9 Å². The first-order chi connectivity index (χ1) is 8.87. The van der Waals surface area contributed by atoms with E-state index >= 15 is 0 Å². The molecular weight excluding hydrogens is 284 g/mol. The third-order valence-corrected chi connectivity index (χ3v) is 5.56. The van der Waals surface area contributed by atoms with Crippen molar-refractivity contribution in [2.75, 3.05) is 13.6 Å². The average Bonchev–Trinajstić information content (AvgIpc) is 2.62. The van der Waals surface area contributed by atoms with E-state index < -0.39 is 10.0 Å². The Kier molecular flexibility index (Phi) is 3.90. The van der Waals surface area contributed by atoms with E-state index in [0.29, 0.717) is 22.0 Å². The number of hydrogen-bond acceptors (Lipinski definition) is 3. The molecule has 0 aromatic heterocycles. The number of sulfonamides is 1. The van der Waals surface area contributed by atoms with E-state index in [-0.39, 0.29) is 6.04 Å². The Balaban J connectivity index is 2.55. The molecule has 1 aromatic carbocycles. The molecule has 0 saturated carbocycles. The summed E-state index contributed by atoms with van der Waals surface area (Å²) in [6, 6.07) is 6.79. The summed E-state index contributed by atoms with van der Waals surface area (Å²) < 4.78 is 26.7. The van der Waals surface area contributed by atoms with E-state index in [4.69, 9.17) is 11.6 Å². The van der Waals surface area contributed by atoms with Crippen molar-refractivity contribution < 1.29 is 8.42 Å². The van der Waals surface area contributed by atoms with Crippen LogP contribution < -0.4 is 5.32 Å². The lowest BCUT2D eigenvalue weighted by Crippen LogP contribution is -2.34. The molecule has 1 heterocycles. The smallest absolute Gasteiger partial charge is 0.246 e. The third-order valence-electron chi connectivity index (χ3n) is 3.14. The summed E-state index contributed by atoms with van der Waals surface area (Å²) in [4.78, 5) is 0.348. The van der Waals surface area contributed by atoms with Gasteiger partial charge in [-0.3, -0.25) is 0 Å². The Morgan fingerprint density at radius 1 is 1.26 bits per heavy atom. The molecule has 104 valence electrons. The minimum Gasteiger partial charge on any atom is -0.389 e. The van der Waals surface area contributed by atoms with Gasteiger partial charge in [-0.25, -0.2) is 8.42 Å². The zero-order valence-corrected chi connectivity index (χ0v) is 12.7. The van der Waals surface area contributed by atoms with Crippen LogP contribution in [0.4, 0.5) is 0 Å². The maximum atomic E-state index is 12.6. The molecule has 0 saturated heterocycles. The Morgan fingerprint density at radius 2 is 1.84 bits per heavy atom. The van der Waals surface area contributed by atoms with Gasteiger partial charge in [0.05, 0.1) is 6.54 Å². The average molecular weight is 301 g/mol. The largest absolute Gasteiger partial charge is 0.389 e. The fraction of sp³-hybridized carbons (Fsp3) is 0.385. The molecule has 4 nitrogen and oxygen atoms in total. The maximum absolute atomic E-state index is 12.6. The van der Waals surface area contributed by atoms with Gasteiger partial charge in [0.2, 0.25) is 10.0 Å². The molecule has 0 radical (unpaired) electrons. The first-order valence-electron chi connectivity index (χ1n) is 6.06. The summed E-state index contributed by atoms with van der Waals surface area (Å²) in [6.07, 6.45) is 0. The molecule has 19 heavy (non-hydrogen) atoms. The first-order valence-corrected chi connectivity index (χ1v) is 7.88. The molecule has 0 aliphatic carbocycles. The third kappa shape index (κ3) is 2.50. The van der Waals surface area contributed by atoms with Crippen LogP contribution in [0.1, 0.15) is 19.4 Å². The van der Waals surface area contributed by atoms with Crippen molar-refractivity contribution in [3.63, 3.8) is 0 Å². The molecule has 0 bridgehead atoms. The second kappa shape index (κ2) is 5.15. The molecule has 0 atom stereocenters. The predicted molar refractivity (Wildman–Crippen MR) is 78.2 cm³/mol. The highest BCUT2D eigenvalue weighted by Crippen LogP contribution is 2.34.